The highest BCUT2D eigenvalue weighted by molar-refractivity contribution is 14.0. The van der Waals surface area contributed by atoms with Crippen LogP contribution in [0.25, 0.3) is 0 Å². The molecule has 0 saturated carbocycles. The third-order valence-electron chi connectivity index (χ3n) is 4.32. The fourth-order valence-corrected chi connectivity index (χ4v) is 3.01. The lowest BCUT2D eigenvalue weighted by atomic mass is 9.91. The number of piperidine rings is 1. The van der Waals surface area contributed by atoms with Gasteiger partial charge in [0.05, 0.1) is 19.9 Å². The highest BCUT2D eigenvalue weighted by Gasteiger charge is 2.24. The van der Waals surface area contributed by atoms with E-state index in [4.69, 9.17) is 9.15 Å². The fourth-order valence-electron chi connectivity index (χ4n) is 3.01. The van der Waals surface area contributed by atoms with Crippen molar-refractivity contribution in [3.63, 3.8) is 0 Å². The van der Waals surface area contributed by atoms with Crippen molar-refractivity contribution in [1.82, 2.24) is 14.9 Å². The molecule has 0 radical (unpaired) electrons. The van der Waals surface area contributed by atoms with Gasteiger partial charge < -0.3 is 9.15 Å². The summed E-state index contributed by atoms with van der Waals surface area (Å²) in [4.78, 5) is 22.6. The van der Waals surface area contributed by atoms with E-state index in [1.54, 1.807) is 24.7 Å². The normalized spacial score (nSPS) is 15.7. The second kappa shape index (κ2) is 9.12. The number of esters is 1. The molecule has 24 heavy (non-hydrogen) atoms. The maximum absolute atomic E-state index is 11.7. The molecule has 1 aliphatic heterocycles. The van der Waals surface area contributed by atoms with Crippen LogP contribution in [0.5, 0.6) is 0 Å². The van der Waals surface area contributed by atoms with Crippen molar-refractivity contribution in [2.24, 2.45) is 5.92 Å². The van der Waals surface area contributed by atoms with Crippen molar-refractivity contribution in [1.29, 1.82) is 0 Å². The van der Waals surface area contributed by atoms with Gasteiger partial charge in [0.2, 0.25) is 0 Å². The SMILES string of the molecule is COC(=O)c1ccoc1CC1CCN(Cc2ncccn2)CC1.I. The summed E-state index contributed by atoms with van der Waals surface area (Å²) in [5.41, 5.74) is 0.549. The molecule has 2 aromatic rings. The van der Waals surface area contributed by atoms with Crippen LogP contribution in [0.4, 0.5) is 0 Å². The smallest absolute Gasteiger partial charge is 0.341 e. The van der Waals surface area contributed by atoms with Crippen LogP contribution in [0, 0.1) is 5.92 Å². The summed E-state index contributed by atoms with van der Waals surface area (Å²) in [7, 11) is 1.39. The standard InChI is InChI=1S/C17H21N3O3.HI/c1-22-17(21)14-5-10-23-15(14)11-13-3-8-20(9-4-13)12-16-18-6-2-7-19-16;/h2,5-7,10,13H,3-4,8-9,11-12H2,1H3;1H. The van der Waals surface area contributed by atoms with E-state index in [2.05, 4.69) is 14.9 Å². The van der Waals surface area contributed by atoms with Crippen molar-refractivity contribution in [3.8, 4) is 0 Å². The highest BCUT2D eigenvalue weighted by Crippen LogP contribution is 2.24. The first-order valence-electron chi connectivity index (χ1n) is 7.89. The molecule has 0 amide bonds. The van der Waals surface area contributed by atoms with Crippen LogP contribution >= 0.6 is 24.0 Å². The van der Waals surface area contributed by atoms with Gasteiger partial charge in [-0.2, -0.15) is 0 Å². The number of rotatable bonds is 5. The summed E-state index contributed by atoms with van der Waals surface area (Å²) >= 11 is 0. The van der Waals surface area contributed by atoms with Crippen LogP contribution in [-0.2, 0) is 17.7 Å². The van der Waals surface area contributed by atoms with E-state index in [0.29, 0.717) is 11.5 Å². The lowest BCUT2D eigenvalue weighted by molar-refractivity contribution is 0.0597. The monoisotopic (exact) mass is 443 g/mol. The molecule has 1 aliphatic rings. The average Bonchev–Trinajstić information content (AvgIpc) is 3.05. The Hall–Kier alpha value is -1.48. The second-order valence-corrected chi connectivity index (χ2v) is 5.84. The Balaban J connectivity index is 0.00000208. The van der Waals surface area contributed by atoms with Gasteiger partial charge in [0, 0.05) is 18.8 Å². The minimum absolute atomic E-state index is 0. The zero-order valence-corrected chi connectivity index (χ0v) is 16.0. The number of methoxy groups -OCH3 is 1. The molecule has 3 heterocycles. The lowest BCUT2D eigenvalue weighted by Gasteiger charge is -2.31. The number of nitrogens with zero attached hydrogens (tertiary/aromatic N) is 3. The largest absolute Gasteiger partial charge is 0.468 e. The first-order valence-corrected chi connectivity index (χ1v) is 7.89. The maximum atomic E-state index is 11.7. The van der Waals surface area contributed by atoms with Gasteiger partial charge in [0.1, 0.15) is 17.1 Å². The number of furan rings is 1. The van der Waals surface area contributed by atoms with Crippen molar-refractivity contribution < 1.29 is 13.9 Å². The predicted molar refractivity (Wildman–Crippen MR) is 99.2 cm³/mol. The van der Waals surface area contributed by atoms with Gasteiger partial charge >= 0.3 is 5.97 Å². The first-order chi connectivity index (χ1) is 11.3. The van der Waals surface area contributed by atoms with Gasteiger partial charge in [-0.25, -0.2) is 14.8 Å². The van der Waals surface area contributed by atoms with E-state index in [1.165, 1.54) is 7.11 Å². The van der Waals surface area contributed by atoms with Gasteiger partial charge in [-0.05, 0) is 44.0 Å². The van der Waals surface area contributed by atoms with E-state index >= 15 is 0 Å². The van der Waals surface area contributed by atoms with Crippen LogP contribution < -0.4 is 0 Å². The average molecular weight is 443 g/mol. The Kier molecular flexibility index (Phi) is 7.16. The fraction of sp³-hybridized carbons (Fsp3) is 0.471. The van der Waals surface area contributed by atoms with Crippen LogP contribution in [0.1, 0.15) is 34.8 Å². The van der Waals surface area contributed by atoms with E-state index in [9.17, 15) is 4.79 Å². The number of ether oxygens (including phenoxy) is 1. The summed E-state index contributed by atoms with van der Waals surface area (Å²) in [5, 5.41) is 0. The third-order valence-corrected chi connectivity index (χ3v) is 4.32. The number of hydrogen-bond donors (Lipinski definition) is 0. The Labute approximate surface area is 158 Å². The van der Waals surface area contributed by atoms with Crippen molar-refractivity contribution in [3.05, 3.63) is 47.9 Å². The Morgan fingerprint density at radius 3 is 2.71 bits per heavy atom. The molecule has 0 spiro atoms. The van der Waals surface area contributed by atoms with E-state index in [-0.39, 0.29) is 29.9 Å². The summed E-state index contributed by atoms with van der Waals surface area (Å²) in [6, 6.07) is 3.51. The first kappa shape index (κ1) is 18.9. The van der Waals surface area contributed by atoms with Gasteiger partial charge in [-0.15, -0.1) is 24.0 Å². The minimum Gasteiger partial charge on any atom is -0.468 e. The van der Waals surface area contributed by atoms with Gasteiger partial charge in [0.25, 0.3) is 0 Å². The van der Waals surface area contributed by atoms with E-state index in [0.717, 1.165) is 50.5 Å². The number of carbonyl (C=O) groups excluding carboxylic acids is 1. The minimum atomic E-state index is -0.326. The van der Waals surface area contributed by atoms with E-state index < -0.39 is 0 Å². The Bertz CT molecular complexity index is 640. The molecule has 7 heteroatoms. The molecule has 0 atom stereocenters. The molecular formula is C17H22IN3O3. The molecular weight excluding hydrogens is 421 g/mol. The molecule has 2 aromatic heterocycles. The molecule has 0 aromatic carbocycles. The molecule has 0 N–H and O–H groups in total. The summed E-state index contributed by atoms with van der Waals surface area (Å²) in [5.74, 6) is 1.80. The van der Waals surface area contributed by atoms with Crippen molar-refractivity contribution in [2.45, 2.75) is 25.8 Å². The number of likely N-dealkylation sites (tertiary alicyclic amines) is 1. The Morgan fingerprint density at radius 2 is 2.04 bits per heavy atom. The van der Waals surface area contributed by atoms with Gasteiger partial charge in [0.15, 0.2) is 0 Å². The molecule has 130 valence electrons. The van der Waals surface area contributed by atoms with Gasteiger partial charge in [-0.1, -0.05) is 0 Å². The maximum Gasteiger partial charge on any atom is 0.341 e. The van der Waals surface area contributed by atoms with Crippen LogP contribution in [0.2, 0.25) is 0 Å². The highest BCUT2D eigenvalue weighted by atomic mass is 127. The molecule has 0 bridgehead atoms. The molecule has 0 aliphatic carbocycles. The Morgan fingerprint density at radius 1 is 1.33 bits per heavy atom. The number of hydrogen-bond acceptors (Lipinski definition) is 6. The van der Waals surface area contributed by atoms with Crippen molar-refractivity contribution >= 4 is 29.9 Å². The summed E-state index contributed by atoms with van der Waals surface area (Å²) in [6.45, 7) is 2.82. The van der Waals surface area contributed by atoms with Gasteiger partial charge in [-0.3, -0.25) is 4.90 Å². The van der Waals surface area contributed by atoms with Crippen LogP contribution in [0.3, 0.4) is 0 Å². The second-order valence-electron chi connectivity index (χ2n) is 5.84. The van der Waals surface area contributed by atoms with Crippen LogP contribution in [0.15, 0.2) is 35.2 Å². The molecule has 6 nitrogen and oxygen atoms in total. The number of aromatic nitrogens is 2. The number of carbonyl (C=O) groups is 1. The summed E-state index contributed by atoms with van der Waals surface area (Å²) in [6.07, 6.45) is 8.06. The van der Waals surface area contributed by atoms with E-state index in [1.807, 2.05) is 6.07 Å². The molecule has 3 rings (SSSR count). The zero-order chi connectivity index (χ0) is 16.1. The number of halogens is 1. The molecule has 1 fully saturated rings. The topological polar surface area (TPSA) is 68.5 Å². The van der Waals surface area contributed by atoms with Crippen LogP contribution in [-0.4, -0.2) is 41.0 Å². The molecule has 0 unspecified atom stereocenters. The molecule has 1 saturated heterocycles. The quantitative estimate of drug-likeness (QED) is 0.523. The summed E-state index contributed by atoms with van der Waals surface area (Å²) < 4.78 is 10.3. The predicted octanol–water partition coefficient (Wildman–Crippen LogP) is 2.93. The lowest BCUT2D eigenvalue weighted by Crippen LogP contribution is -2.34. The zero-order valence-electron chi connectivity index (χ0n) is 13.7. The van der Waals surface area contributed by atoms with Crippen molar-refractivity contribution in [2.75, 3.05) is 20.2 Å². The third kappa shape index (κ3) is 4.76.